The minimum absolute atomic E-state index is 0.179. The van der Waals surface area contributed by atoms with Crippen molar-refractivity contribution in [2.24, 2.45) is 0 Å². The molecular weight excluding hydrogens is 204 g/mol. The molecule has 0 atom stereocenters. The van der Waals surface area contributed by atoms with E-state index in [9.17, 15) is 13.5 Å². The van der Waals surface area contributed by atoms with Gasteiger partial charge in [-0.2, -0.15) is 0 Å². The van der Waals surface area contributed by atoms with Crippen LogP contribution in [0.15, 0.2) is 23.1 Å². The molecule has 1 aromatic rings. The van der Waals surface area contributed by atoms with Gasteiger partial charge in [0.25, 0.3) is 0 Å². The van der Waals surface area contributed by atoms with Crippen molar-refractivity contribution >= 4 is 9.84 Å². The average Bonchev–Trinajstić information content (AvgIpc) is 2.08. The van der Waals surface area contributed by atoms with E-state index in [1.807, 2.05) is 0 Å². The van der Waals surface area contributed by atoms with Gasteiger partial charge in [-0.05, 0) is 26.0 Å². The quantitative estimate of drug-likeness (QED) is 0.730. The molecule has 0 aromatic heterocycles. The number of hydrogen-bond donors (Lipinski definition) is 2. The summed E-state index contributed by atoms with van der Waals surface area (Å²) in [5, 5.41) is 17.8. The van der Waals surface area contributed by atoms with Gasteiger partial charge in [0.15, 0.2) is 9.84 Å². The van der Waals surface area contributed by atoms with Crippen LogP contribution in [-0.4, -0.2) is 23.9 Å². The van der Waals surface area contributed by atoms with Crippen LogP contribution in [0.2, 0.25) is 0 Å². The molecule has 0 unspecified atom stereocenters. The van der Waals surface area contributed by atoms with E-state index in [2.05, 4.69) is 0 Å². The number of phenols is 2. The highest BCUT2D eigenvalue weighted by molar-refractivity contribution is 7.92. The third kappa shape index (κ3) is 1.82. The van der Waals surface area contributed by atoms with E-state index in [-0.39, 0.29) is 16.4 Å². The second-order valence-electron chi connectivity index (χ2n) is 3.25. The first kappa shape index (κ1) is 10.8. The Morgan fingerprint density at radius 3 is 2.29 bits per heavy atom. The van der Waals surface area contributed by atoms with Crippen molar-refractivity contribution in [3.05, 3.63) is 18.2 Å². The first-order valence-corrected chi connectivity index (χ1v) is 5.66. The summed E-state index contributed by atoms with van der Waals surface area (Å²) in [5.74, 6) is -0.515. The molecule has 0 saturated carbocycles. The molecule has 0 aliphatic carbocycles. The maximum atomic E-state index is 11.6. The Hall–Kier alpha value is -1.23. The lowest BCUT2D eigenvalue weighted by Gasteiger charge is -2.09. The summed E-state index contributed by atoms with van der Waals surface area (Å²) in [6.45, 7) is 3.03. The zero-order valence-corrected chi connectivity index (χ0v) is 8.75. The van der Waals surface area contributed by atoms with Crippen LogP contribution in [0.25, 0.3) is 0 Å². The summed E-state index contributed by atoms with van der Waals surface area (Å²) < 4.78 is 23.3. The lowest BCUT2D eigenvalue weighted by atomic mass is 10.3. The van der Waals surface area contributed by atoms with Crippen LogP contribution in [0.5, 0.6) is 11.5 Å². The summed E-state index contributed by atoms with van der Waals surface area (Å²) >= 11 is 0. The van der Waals surface area contributed by atoms with Gasteiger partial charge in [-0.15, -0.1) is 0 Å². The van der Waals surface area contributed by atoms with Gasteiger partial charge < -0.3 is 10.2 Å². The van der Waals surface area contributed by atoms with Crippen molar-refractivity contribution in [3.8, 4) is 11.5 Å². The van der Waals surface area contributed by atoms with Gasteiger partial charge >= 0.3 is 0 Å². The van der Waals surface area contributed by atoms with E-state index in [4.69, 9.17) is 5.11 Å². The molecule has 0 radical (unpaired) electrons. The third-order valence-electron chi connectivity index (χ3n) is 1.87. The van der Waals surface area contributed by atoms with Gasteiger partial charge in [-0.1, -0.05) is 0 Å². The molecular formula is C9H12O4S. The van der Waals surface area contributed by atoms with Crippen LogP contribution in [0, 0.1) is 0 Å². The SMILES string of the molecule is CC(C)S(=O)(=O)c1cc(O)ccc1O. The zero-order chi connectivity index (χ0) is 10.9. The zero-order valence-electron chi connectivity index (χ0n) is 7.93. The predicted molar refractivity (Wildman–Crippen MR) is 52.1 cm³/mol. The van der Waals surface area contributed by atoms with Crippen LogP contribution < -0.4 is 0 Å². The van der Waals surface area contributed by atoms with Crippen molar-refractivity contribution in [2.75, 3.05) is 0 Å². The van der Waals surface area contributed by atoms with Gasteiger partial charge in [0.2, 0.25) is 0 Å². The number of benzene rings is 1. The Labute approximate surface area is 82.7 Å². The molecule has 78 valence electrons. The molecule has 1 aromatic carbocycles. The lowest BCUT2D eigenvalue weighted by Crippen LogP contribution is -2.13. The Bertz CT molecular complexity index is 434. The van der Waals surface area contributed by atoms with E-state index in [0.717, 1.165) is 12.1 Å². The van der Waals surface area contributed by atoms with Gasteiger partial charge in [0.1, 0.15) is 16.4 Å². The number of aromatic hydroxyl groups is 2. The molecule has 0 bridgehead atoms. The smallest absolute Gasteiger partial charge is 0.184 e. The molecule has 0 fully saturated rings. The molecule has 0 aliphatic heterocycles. The highest BCUT2D eigenvalue weighted by Gasteiger charge is 2.23. The second-order valence-corrected chi connectivity index (χ2v) is 5.72. The van der Waals surface area contributed by atoms with Gasteiger partial charge in [0.05, 0.1) is 5.25 Å². The average molecular weight is 216 g/mol. The molecule has 0 aliphatic rings. The van der Waals surface area contributed by atoms with E-state index < -0.39 is 15.1 Å². The molecule has 0 heterocycles. The number of rotatable bonds is 2. The van der Waals surface area contributed by atoms with Crippen molar-refractivity contribution < 1.29 is 18.6 Å². The van der Waals surface area contributed by atoms with Crippen molar-refractivity contribution in [1.82, 2.24) is 0 Å². The molecule has 5 heteroatoms. The predicted octanol–water partition coefficient (Wildman–Crippen LogP) is 1.28. The van der Waals surface area contributed by atoms with Crippen molar-refractivity contribution in [3.63, 3.8) is 0 Å². The monoisotopic (exact) mass is 216 g/mol. The summed E-state index contributed by atoms with van der Waals surface area (Å²) in [7, 11) is -3.54. The van der Waals surface area contributed by atoms with Crippen LogP contribution in [0.4, 0.5) is 0 Å². The molecule has 1 rings (SSSR count). The first-order chi connectivity index (χ1) is 6.35. The van der Waals surface area contributed by atoms with Crippen LogP contribution >= 0.6 is 0 Å². The van der Waals surface area contributed by atoms with Gasteiger partial charge in [0, 0.05) is 6.07 Å². The molecule has 14 heavy (non-hydrogen) atoms. The Morgan fingerprint density at radius 1 is 1.21 bits per heavy atom. The summed E-state index contributed by atoms with van der Waals surface area (Å²) in [6, 6.07) is 3.43. The number of hydrogen-bond acceptors (Lipinski definition) is 4. The highest BCUT2D eigenvalue weighted by Crippen LogP contribution is 2.29. The molecule has 0 saturated heterocycles. The minimum Gasteiger partial charge on any atom is -0.508 e. The second kappa shape index (κ2) is 3.49. The standard InChI is InChI=1S/C9H12O4S/c1-6(2)14(12,13)9-5-7(10)3-4-8(9)11/h3-6,10-11H,1-2H3. The van der Waals surface area contributed by atoms with E-state index in [1.54, 1.807) is 0 Å². The van der Waals surface area contributed by atoms with E-state index in [1.165, 1.54) is 19.9 Å². The van der Waals surface area contributed by atoms with Crippen LogP contribution in [-0.2, 0) is 9.84 Å². The molecule has 0 amide bonds. The fourth-order valence-electron chi connectivity index (χ4n) is 0.985. The Morgan fingerprint density at radius 2 is 1.79 bits per heavy atom. The molecule has 2 N–H and O–H groups in total. The van der Waals surface area contributed by atoms with E-state index in [0.29, 0.717) is 0 Å². The largest absolute Gasteiger partial charge is 0.508 e. The normalized spacial score (nSPS) is 11.9. The Balaban J connectivity index is 3.40. The topological polar surface area (TPSA) is 74.6 Å². The molecule has 4 nitrogen and oxygen atoms in total. The maximum absolute atomic E-state index is 11.6. The van der Waals surface area contributed by atoms with Gasteiger partial charge in [-0.25, -0.2) is 8.42 Å². The van der Waals surface area contributed by atoms with Crippen LogP contribution in [0.3, 0.4) is 0 Å². The summed E-state index contributed by atoms with van der Waals surface area (Å²) in [6.07, 6.45) is 0. The number of phenolic OH excluding ortho intramolecular Hbond substituents is 2. The van der Waals surface area contributed by atoms with Gasteiger partial charge in [-0.3, -0.25) is 0 Å². The van der Waals surface area contributed by atoms with Crippen LogP contribution in [0.1, 0.15) is 13.8 Å². The maximum Gasteiger partial charge on any atom is 0.184 e. The molecule has 0 spiro atoms. The fraction of sp³-hybridized carbons (Fsp3) is 0.333. The summed E-state index contributed by atoms with van der Waals surface area (Å²) in [5.41, 5.74) is 0. The first-order valence-electron chi connectivity index (χ1n) is 4.11. The fourth-order valence-corrected chi connectivity index (χ4v) is 2.14. The minimum atomic E-state index is -3.54. The lowest BCUT2D eigenvalue weighted by molar-refractivity contribution is 0.445. The van der Waals surface area contributed by atoms with Crippen molar-refractivity contribution in [1.29, 1.82) is 0 Å². The van der Waals surface area contributed by atoms with Crippen molar-refractivity contribution in [2.45, 2.75) is 24.0 Å². The summed E-state index contributed by atoms with van der Waals surface area (Å²) in [4.78, 5) is -0.229. The number of sulfone groups is 1. The highest BCUT2D eigenvalue weighted by atomic mass is 32.2. The van der Waals surface area contributed by atoms with E-state index >= 15 is 0 Å². The Kier molecular flexibility index (Phi) is 2.71. The third-order valence-corrected chi connectivity index (χ3v) is 4.05.